The van der Waals surface area contributed by atoms with Gasteiger partial charge in [-0.1, -0.05) is 44.2 Å². The zero-order chi connectivity index (χ0) is 21.1. The number of aryl methyl sites for hydroxylation is 1. The number of aromatic amines is 1. The van der Waals surface area contributed by atoms with Crippen LogP contribution in [0, 0.1) is 6.92 Å². The van der Waals surface area contributed by atoms with Gasteiger partial charge in [-0.05, 0) is 42.5 Å². The monoisotopic (exact) mass is 405 g/mol. The van der Waals surface area contributed by atoms with Crippen LogP contribution in [0.4, 0.5) is 11.6 Å². The van der Waals surface area contributed by atoms with Crippen molar-refractivity contribution in [3.05, 3.63) is 53.6 Å². The van der Waals surface area contributed by atoms with Crippen molar-refractivity contribution in [3.63, 3.8) is 0 Å². The van der Waals surface area contributed by atoms with Crippen LogP contribution in [0.5, 0.6) is 0 Å². The molecule has 4 rings (SSSR count). The summed E-state index contributed by atoms with van der Waals surface area (Å²) < 4.78 is 0. The van der Waals surface area contributed by atoms with Gasteiger partial charge in [0.1, 0.15) is 0 Å². The van der Waals surface area contributed by atoms with Gasteiger partial charge in [-0.3, -0.25) is 9.69 Å². The van der Waals surface area contributed by atoms with Crippen LogP contribution in [-0.4, -0.2) is 53.5 Å². The SMILES string of the molecule is Cc1cccc(C(C)C)c1NC(=O)CN1CCCN(c2nc3ccccc3[nH]2)CC1. The van der Waals surface area contributed by atoms with Gasteiger partial charge < -0.3 is 15.2 Å². The van der Waals surface area contributed by atoms with Gasteiger partial charge in [0.2, 0.25) is 11.9 Å². The van der Waals surface area contributed by atoms with Crippen molar-refractivity contribution in [2.45, 2.75) is 33.1 Å². The van der Waals surface area contributed by atoms with E-state index in [9.17, 15) is 4.79 Å². The summed E-state index contributed by atoms with van der Waals surface area (Å²) in [6.07, 6.45) is 1.01. The summed E-state index contributed by atoms with van der Waals surface area (Å²) in [7, 11) is 0. The Morgan fingerprint density at radius 3 is 2.73 bits per heavy atom. The largest absolute Gasteiger partial charge is 0.341 e. The molecule has 1 aliphatic heterocycles. The van der Waals surface area contributed by atoms with Crippen LogP contribution in [0.2, 0.25) is 0 Å². The van der Waals surface area contributed by atoms with Gasteiger partial charge >= 0.3 is 0 Å². The van der Waals surface area contributed by atoms with E-state index in [4.69, 9.17) is 4.98 Å². The summed E-state index contributed by atoms with van der Waals surface area (Å²) in [5.74, 6) is 1.35. The highest BCUT2D eigenvalue weighted by Gasteiger charge is 2.20. The molecule has 0 radical (unpaired) electrons. The van der Waals surface area contributed by atoms with E-state index in [0.29, 0.717) is 12.5 Å². The number of carbonyl (C=O) groups excluding carboxylic acids is 1. The zero-order valence-corrected chi connectivity index (χ0v) is 18.1. The lowest BCUT2D eigenvalue weighted by molar-refractivity contribution is -0.117. The summed E-state index contributed by atoms with van der Waals surface area (Å²) in [4.78, 5) is 25.5. The molecular weight excluding hydrogens is 374 g/mol. The molecule has 1 aromatic heterocycles. The van der Waals surface area contributed by atoms with Crippen LogP contribution in [0.15, 0.2) is 42.5 Å². The number of hydrogen-bond donors (Lipinski definition) is 2. The van der Waals surface area contributed by atoms with Gasteiger partial charge in [-0.25, -0.2) is 4.98 Å². The summed E-state index contributed by atoms with van der Waals surface area (Å²) >= 11 is 0. The van der Waals surface area contributed by atoms with Crippen molar-refractivity contribution in [2.24, 2.45) is 0 Å². The van der Waals surface area contributed by atoms with Crippen molar-refractivity contribution in [1.29, 1.82) is 0 Å². The van der Waals surface area contributed by atoms with Crippen LogP contribution >= 0.6 is 0 Å². The standard InChI is InChI=1S/C24H31N5O/c1-17(2)19-9-6-8-18(3)23(19)27-22(30)16-28-12-7-13-29(15-14-28)24-25-20-10-4-5-11-21(20)26-24/h4-6,8-11,17H,7,12-16H2,1-3H3,(H,25,26)(H,27,30). The number of amides is 1. The number of rotatable bonds is 5. The topological polar surface area (TPSA) is 64.3 Å². The van der Waals surface area contributed by atoms with Gasteiger partial charge in [0.05, 0.1) is 17.6 Å². The molecule has 2 aromatic carbocycles. The Kier molecular flexibility index (Phi) is 6.04. The first kappa shape index (κ1) is 20.4. The smallest absolute Gasteiger partial charge is 0.238 e. The Balaban J connectivity index is 1.38. The van der Waals surface area contributed by atoms with E-state index in [1.165, 1.54) is 5.56 Å². The van der Waals surface area contributed by atoms with Gasteiger partial charge in [0, 0.05) is 31.9 Å². The minimum atomic E-state index is 0.0587. The molecule has 1 aliphatic rings. The van der Waals surface area contributed by atoms with Crippen LogP contribution in [0.1, 0.15) is 37.3 Å². The molecule has 0 aliphatic carbocycles. The second-order valence-electron chi connectivity index (χ2n) is 8.44. The molecule has 1 fully saturated rings. The van der Waals surface area contributed by atoms with Crippen molar-refractivity contribution in [2.75, 3.05) is 42.9 Å². The van der Waals surface area contributed by atoms with E-state index in [1.54, 1.807) is 0 Å². The number of anilines is 2. The molecule has 3 aromatic rings. The molecule has 0 unspecified atom stereocenters. The lowest BCUT2D eigenvalue weighted by Gasteiger charge is -2.22. The predicted octanol–water partition coefficient (Wildman–Crippen LogP) is 4.15. The van der Waals surface area contributed by atoms with Crippen LogP contribution in [-0.2, 0) is 4.79 Å². The van der Waals surface area contributed by atoms with E-state index in [2.05, 4.69) is 65.1 Å². The van der Waals surface area contributed by atoms with Crippen molar-refractivity contribution < 1.29 is 4.79 Å². The lowest BCUT2D eigenvalue weighted by atomic mass is 9.98. The van der Waals surface area contributed by atoms with E-state index in [-0.39, 0.29) is 5.91 Å². The number of benzene rings is 2. The number of para-hydroxylation sites is 3. The van der Waals surface area contributed by atoms with E-state index in [0.717, 1.165) is 60.8 Å². The second-order valence-corrected chi connectivity index (χ2v) is 8.44. The second kappa shape index (κ2) is 8.88. The first-order valence-corrected chi connectivity index (χ1v) is 10.8. The molecule has 2 heterocycles. The third kappa shape index (κ3) is 4.49. The third-order valence-electron chi connectivity index (χ3n) is 5.82. The molecule has 1 amide bonds. The maximum absolute atomic E-state index is 12.8. The molecule has 30 heavy (non-hydrogen) atoms. The number of fused-ring (bicyclic) bond motifs is 1. The summed E-state index contributed by atoms with van der Waals surface area (Å²) in [6, 6.07) is 14.3. The number of nitrogens with one attached hydrogen (secondary N) is 2. The number of aromatic nitrogens is 2. The van der Waals surface area contributed by atoms with Gasteiger partial charge in [0.25, 0.3) is 0 Å². The maximum atomic E-state index is 12.8. The fourth-order valence-electron chi connectivity index (χ4n) is 4.15. The van der Waals surface area contributed by atoms with Crippen LogP contribution in [0.3, 0.4) is 0 Å². The Hall–Kier alpha value is -2.86. The lowest BCUT2D eigenvalue weighted by Crippen LogP contribution is -2.36. The number of carbonyl (C=O) groups is 1. The van der Waals surface area contributed by atoms with Crippen molar-refractivity contribution in [3.8, 4) is 0 Å². The molecule has 0 bridgehead atoms. The average Bonchev–Trinajstić information content (AvgIpc) is 3.02. The fourth-order valence-corrected chi connectivity index (χ4v) is 4.15. The summed E-state index contributed by atoms with van der Waals surface area (Å²) in [5.41, 5.74) is 5.33. The Morgan fingerprint density at radius 2 is 1.93 bits per heavy atom. The highest BCUT2D eigenvalue weighted by molar-refractivity contribution is 5.94. The summed E-state index contributed by atoms with van der Waals surface area (Å²) in [6.45, 7) is 10.3. The Labute approximate surface area is 178 Å². The molecule has 6 nitrogen and oxygen atoms in total. The molecule has 1 saturated heterocycles. The van der Waals surface area contributed by atoms with Crippen LogP contribution in [0.25, 0.3) is 11.0 Å². The molecule has 158 valence electrons. The molecule has 0 spiro atoms. The highest BCUT2D eigenvalue weighted by Crippen LogP contribution is 2.27. The third-order valence-corrected chi connectivity index (χ3v) is 5.82. The quantitative estimate of drug-likeness (QED) is 0.669. The highest BCUT2D eigenvalue weighted by atomic mass is 16.2. The Bertz CT molecular complexity index is 992. The zero-order valence-electron chi connectivity index (χ0n) is 18.1. The number of hydrogen-bond acceptors (Lipinski definition) is 4. The number of H-pyrrole nitrogens is 1. The fraction of sp³-hybridized carbons (Fsp3) is 0.417. The van der Waals surface area contributed by atoms with Gasteiger partial charge in [-0.15, -0.1) is 0 Å². The molecular formula is C24H31N5O. The normalized spacial score (nSPS) is 15.5. The van der Waals surface area contributed by atoms with Gasteiger partial charge in [-0.2, -0.15) is 0 Å². The van der Waals surface area contributed by atoms with E-state index >= 15 is 0 Å². The minimum absolute atomic E-state index is 0.0587. The van der Waals surface area contributed by atoms with Gasteiger partial charge in [0.15, 0.2) is 0 Å². The van der Waals surface area contributed by atoms with Crippen molar-refractivity contribution >= 4 is 28.6 Å². The van der Waals surface area contributed by atoms with E-state index in [1.807, 2.05) is 18.2 Å². The molecule has 2 N–H and O–H groups in total. The first-order valence-electron chi connectivity index (χ1n) is 10.8. The Morgan fingerprint density at radius 1 is 1.10 bits per heavy atom. The first-order chi connectivity index (χ1) is 14.5. The maximum Gasteiger partial charge on any atom is 0.238 e. The number of imidazole rings is 1. The predicted molar refractivity (Wildman–Crippen MR) is 123 cm³/mol. The van der Waals surface area contributed by atoms with Crippen LogP contribution < -0.4 is 10.2 Å². The molecule has 0 atom stereocenters. The van der Waals surface area contributed by atoms with E-state index < -0.39 is 0 Å². The number of nitrogens with zero attached hydrogens (tertiary/aromatic N) is 3. The van der Waals surface area contributed by atoms with Crippen molar-refractivity contribution in [1.82, 2.24) is 14.9 Å². The molecule has 0 saturated carbocycles. The minimum Gasteiger partial charge on any atom is -0.341 e. The molecule has 6 heteroatoms. The summed E-state index contributed by atoms with van der Waals surface area (Å²) in [5, 5.41) is 3.18. The average molecular weight is 406 g/mol.